The van der Waals surface area contributed by atoms with Crippen LogP contribution in [-0.2, 0) is 5.75 Å². The van der Waals surface area contributed by atoms with E-state index in [1.54, 1.807) is 4.68 Å². The van der Waals surface area contributed by atoms with Crippen molar-refractivity contribution in [2.45, 2.75) is 10.9 Å². The van der Waals surface area contributed by atoms with Crippen LogP contribution in [0.2, 0.25) is 0 Å². The fraction of sp³-hybridized carbons (Fsp3) is 0.0500. The Balaban J connectivity index is 1.48. The topological polar surface area (TPSA) is 105 Å². The van der Waals surface area contributed by atoms with Crippen LogP contribution in [0.3, 0.4) is 0 Å². The van der Waals surface area contributed by atoms with Gasteiger partial charge in [-0.1, -0.05) is 60.3 Å². The number of nitrogens with two attached hydrogens (primary N) is 1. The summed E-state index contributed by atoms with van der Waals surface area (Å²) in [5.74, 6) is 7.16. The zero-order valence-electron chi connectivity index (χ0n) is 15.5. The number of hydrogen-bond donors (Lipinski definition) is 1. The number of fused-ring (bicyclic) bond motifs is 1. The molecule has 10 heteroatoms. The highest BCUT2D eigenvalue weighted by Crippen LogP contribution is 2.32. The Bertz CT molecular complexity index is 1380. The van der Waals surface area contributed by atoms with Gasteiger partial charge in [-0.25, -0.2) is 9.66 Å². The van der Waals surface area contributed by atoms with Crippen molar-refractivity contribution in [3.8, 4) is 16.8 Å². The Hall–Kier alpha value is -3.50. The van der Waals surface area contributed by atoms with Crippen LogP contribution in [0, 0.1) is 0 Å². The van der Waals surface area contributed by atoms with Crippen molar-refractivity contribution < 1.29 is 0 Å². The molecule has 0 aliphatic carbocycles. The Labute approximate surface area is 179 Å². The molecular weight excluding hydrogens is 418 g/mol. The van der Waals surface area contributed by atoms with Gasteiger partial charge in [-0.2, -0.15) is 4.68 Å². The minimum absolute atomic E-state index is 0.273. The molecule has 0 saturated heterocycles. The lowest BCUT2D eigenvalue weighted by atomic mass is 10.1. The summed E-state index contributed by atoms with van der Waals surface area (Å²) >= 11 is 2.75. The third-order valence-electron chi connectivity index (χ3n) is 4.56. The maximum absolute atomic E-state index is 13.0. The predicted molar refractivity (Wildman–Crippen MR) is 118 cm³/mol. The van der Waals surface area contributed by atoms with Crippen LogP contribution < -0.4 is 11.4 Å². The second-order valence-electron chi connectivity index (χ2n) is 6.40. The Kier molecular flexibility index (Phi) is 4.77. The van der Waals surface area contributed by atoms with Crippen LogP contribution in [0.4, 0.5) is 0 Å². The molecule has 0 aliphatic rings. The fourth-order valence-electron chi connectivity index (χ4n) is 3.11. The zero-order chi connectivity index (χ0) is 20.5. The molecule has 2 aromatic carbocycles. The van der Waals surface area contributed by atoms with Gasteiger partial charge in [0.1, 0.15) is 4.83 Å². The van der Waals surface area contributed by atoms with Gasteiger partial charge in [0.25, 0.3) is 5.56 Å². The molecule has 8 nitrogen and oxygen atoms in total. The largest absolute Gasteiger partial charge is 0.334 e. The molecule has 0 atom stereocenters. The maximum Gasteiger partial charge on any atom is 0.282 e. The lowest BCUT2D eigenvalue weighted by Crippen LogP contribution is -2.29. The minimum atomic E-state index is -0.273. The average Bonchev–Trinajstić information content (AvgIpc) is 3.43. The number of thiophene rings is 1. The van der Waals surface area contributed by atoms with E-state index < -0.39 is 0 Å². The second-order valence-corrected chi connectivity index (χ2v) is 8.20. The smallest absolute Gasteiger partial charge is 0.282 e. The number of para-hydroxylation sites is 1. The highest BCUT2D eigenvalue weighted by Gasteiger charge is 2.17. The normalized spacial score (nSPS) is 11.2. The summed E-state index contributed by atoms with van der Waals surface area (Å²) in [6.45, 7) is 0. The number of tetrazole rings is 1. The standard InChI is InChI=1S/C20H15N7OS2/c21-26-19(28)17-15(13-7-3-1-4-8-13)11-29-18(17)22-20(26)30-12-16-23-24-25-27(16)14-9-5-2-6-10-14/h1-11H,12,21H2. The van der Waals surface area contributed by atoms with Gasteiger partial charge in [-0.3, -0.25) is 4.79 Å². The van der Waals surface area contributed by atoms with Gasteiger partial charge in [0.2, 0.25) is 0 Å². The number of aromatic nitrogens is 6. The van der Waals surface area contributed by atoms with Gasteiger partial charge in [-0.15, -0.1) is 16.4 Å². The van der Waals surface area contributed by atoms with Crippen LogP contribution in [0.15, 0.2) is 76.0 Å². The van der Waals surface area contributed by atoms with E-state index in [4.69, 9.17) is 5.84 Å². The fourth-order valence-corrected chi connectivity index (χ4v) is 4.92. The third kappa shape index (κ3) is 3.25. The van der Waals surface area contributed by atoms with Gasteiger partial charge in [-0.05, 0) is 28.1 Å². The molecule has 2 N–H and O–H groups in total. The molecule has 5 aromatic rings. The molecule has 3 aromatic heterocycles. The van der Waals surface area contributed by atoms with E-state index in [0.717, 1.165) is 21.5 Å². The zero-order valence-corrected chi connectivity index (χ0v) is 17.2. The molecule has 0 unspecified atom stereocenters. The number of hydrogen-bond acceptors (Lipinski definition) is 8. The van der Waals surface area contributed by atoms with Crippen molar-refractivity contribution in [1.82, 2.24) is 29.9 Å². The molecule has 3 heterocycles. The molecule has 0 spiro atoms. The van der Waals surface area contributed by atoms with Crippen LogP contribution in [0.1, 0.15) is 5.82 Å². The van der Waals surface area contributed by atoms with E-state index in [1.807, 2.05) is 66.0 Å². The maximum atomic E-state index is 13.0. The number of rotatable bonds is 5. The third-order valence-corrected chi connectivity index (χ3v) is 6.38. The van der Waals surface area contributed by atoms with Gasteiger partial charge >= 0.3 is 0 Å². The molecule has 5 rings (SSSR count). The van der Waals surface area contributed by atoms with Crippen molar-refractivity contribution >= 4 is 33.3 Å². The summed E-state index contributed by atoms with van der Waals surface area (Å²) in [6, 6.07) is 19.4. The Morgan fingerprint density at radius 3 is 2.53 bits per heavy atom. The SMILES string of the molecule is Nn1c(SCc2nnnn2-c2ccccc2)nc2scc(-c3ccccc3)c2c1=O. The molecule has 30 heavy (non-hydrogen) atoms. The molecule has 148 valence electrons. The van der Waals surface area contributed by atoms with Crippen molar-refractivity contribution in [3.05, 3.63) is 82.2 Å². The molecule has 0 amide bonds. The second kappa shape index (κ2) is 7.73. The van der Waals surface area contributed by atoms with Crippen LogP contribution in [-0.4, -0.2) is 29.9 Å². The first kappa shape index (κ1) is 18.5. The van der Waals surface area contributed by atoms with Crippen LogP contribution in [0.25, 0.3) is 27.0 Å². The van der Waals surface area contributed by atoms with E-state index in [2.05, 4.69) is 20.5 Å². The number of benzene rings is 2. The quantitative estimate of drug-likeness (QED) is 0.258. The number of thioether (sulfide) groups is 1. The summed E-state index contributed by atoms with van der Waals surface area (Å²) in [4.78, 5) is 18.3. The van der Waals surface area contributed by atoms with Crippen LogP contribution >= 0.6 is 23.1 Å². The van der Waals surface area contributed by atoms with E-state index in [-0.39, 0.29) is 5.56 Å². The van der Waals surface area contributed by atoms with Crippen molar-refractivity contribution in [3.63, 3.8) is 0 Å². The molecule has 0 radical (unpaired) electrons. The van der Waals surface area contributed by atoms with E-state index in [0.29, 0.717) is 27.0 Å². The first-order valence-electron chi connectivity index (χ1n) is 9.02. The summed E-state index contributed by atoms with van der Waals surface area (Å²) in [5, 5.41) is 14.8. The predicted octanol–water partition coefficient (Wildman–Crippen LogP) is 3.11. The summed E-state index contributed by atoms with van der Waals surface area (Å²) in [6.07, 6.45) is 0. The van der Waals surface area contributed by atoms with Gasteiger partial charge in [0, 0.05) is 10.9 Å². The molecule has 0 aliphatic heterocycles. The van der Waals surface area contributed by atoms with Gasteiger partial charge in [0.05, 0.1) is 16.8 Å². The monoisotopic (exact) mass is 433 g/mol. The lowest BCUT2D eigenvalue weighted by Gasteiger charge is -2.08. The minimum Gasteiger partial charge on any atom is -0.334 e. The molecule has 0 bridgehead atoms. The summed E-state index contributed by atoms with van der Waals surface area (Å²) in [7, 11) is 0. The van der Waals surface area contributed by atoms with Crippen molar-refractivity contribution in [1.29, 1.82) is 0 Å². The lowest BCUT2D eigenvalue weighted by molar-refractivity contribution is 0.771. The molecular formula is C20H15N7OS2. The highest BCUT2D eigenvalue weighted by atomic mass is 32.2. The summed E-state index contributed by atoms with van der Waals surface area (Å²) in [5.41, 5.74) is 2.39. The number of nitrogens with zero attached hydrogens (tertiary/aromatic N) is 6. The number of nitrogen functional groups attached to an aromatic ring is 1. The van der Waals surface area contributed by atoms with E-state index >= 15 is 0 Å². The first-order chi connectivity index (χ1) is 14.7. The Morgan fingerprint density at radius 1 is 1.03 bits per heavy atom. The summed E-state index contributed by atoms with van der Waals surface area (Å²) < 4.78 is 2.76. The van der Waals surface area contributed by atoms with E-state index in [9.17, 15) is 4.79 Å². The van der Waals surface area contributed by atoms with E-state index in [1.165, 1.54) is 23.1 Å². The first-order valence-corrected chi connectivity index (χ1v) is 10.9. The van der Waals surface area contributed by atoms with Crippen LogP contribution in [0.5, 0.6) is 0 Å². The molecule has 0 saturated carbocycles. The highest BCUT2D eigenvalue weighted by molar-refractivity contribution is 7.98. The van der Waals surface area contributed by atoms with Crippen molar-refractivity contribution in [2.75, 3.05) is 5.84 Å². The average molecular weight is 434 g/mol. The van der Waals surface area contributed by atoms with Crippen molar-refractivity contribution in [2.24, 2.45) is 0 Å². The Morgan fingerprint density at radius 2 is 1.77 bits per heavy atom. The van der Waals surface area contributed by atoms with Gasteiger partial charge < -0.3 is 5.84 Å². The van der Waals surface area contributed by atoms with Gasteiger partial charge in [0.15, 0.2) is 11.0 Å². The molecule has 0 fully saturated rings.